The minimum absolute atomic E-state index is 0.294. The lowest BCUT2D eigenvalue weighted by Crippen LogP contribution is -2.30. The minimum Gasteiger partial charge on any atom is -0.342 e. The standard InChI is InChI=1S/C30H28N4O/c35-30(24-11-12-24)33-16-14-20(18-33)19-34-27-5-2-15-31-28(27)32-29(34)23-9-6-22(7-10-23)26-13-8-21-3-1-4-25(21)17-26/h1-2,4-10,13,15,17,20,24H,3,11-12,14,16,18-19H2/t20-/m1/s1. The number of hydrogen-bond donors (Lipinski definition) is 0. The summed E-state index contributed by atoms with van der Waals surface area (Å²) in [5.41, 5.74) is 8.11. The van der Waals surface area contributed by atoms with Gasteiger partial charge in [0.15, 0.2) is 5.65 Å². The molecule has 0 radical (unpaired) electrons. The lowest BCUT2D eigenvalue weighted by molar-refractivity contribution is -0.131. The third-order valence-corrected chi connectivity index (χ3v) is 7.75. The van der Waals surface area contributed by atoms with Crippen LogP contribution < -0.4 is 0 Å². The Kier molecular flexibility index (Phi) is 4.83. The van der Waals surface area contributed by atoms with Crippen LogP contribution in [0.25, 0.3) is 39.8 Å². The monoisotopic (exact) mass is 460 g/mol. The second-order valence-corrected chi connectivity index (χ2v) is 10.2. The number of amides is 1. The molecule has 3 heterocycles. The van der Waals surface area contributed by atoms with Crippen LogP contribution in [0.4, 0.5) is 0 Å². The molecule has 1 aliphatic heterocycles. The lowest BCUT2D eigenvalue weighted by atomic mass is 9.99. The van der Waals surface area contributed by atoms with Crippen LogP contribution >= 0.6 is 0 Å². The zero-order valence-electron chi connectivity index (χ0n) is 19.7. The van der Waals surface area contributed by atoms with Crippen molar-refractivity contribution in [1.82, 2.24) is 19.4 Å². The molecule has 0 N–H and O–H groups in total. The van der Waals surface area contributed by atoms with E-state index in [1.54, 1.807) is 6.20 Å². The van der Waals surface area contributed by atoms with Gasteiger partial charge in [-0.1, -0.05) is 48.6 Å². The van der Waals surface area contributed by atoms with Crippen molar-refractivity contribution in [3.05, 3.63) is 78.0 Å². The predicted molar refractivity (Wildman–Crippen MR) is 139 cm³/mol. The predicted octanol–water partition coefficient (Wildman–Crippen LogP) is 5.59. The molecule has 1 amide bonds. The number of carbonyl (C=O) groups excluding carboxylic acids is 1. The van der Waals surface area contributed by atoms with Crippen molar-refractivity contribution in [3.8, 4) is 22.5 Å². The van der Waals surface area contributed by atoms with Crippen LogP contribution in [0.1, 0.15) is 30.4 Å². The molecule has 5 heteroatoms. The second kappa shape index (κ2) is 8.19. The van der Waals surface area contributed by atoms with Gasteiger partial charge in [-0.15, -0.1) is 0 Å². The Hall–Kier alpha value is -3.73. The van der Waals surface area contributed by atoms with Crippen LogP contribution in [0.15, 0.2) is 66.9 Å². The molecule has 7 rings (SSSR count). The number of benzene rings is 2. The van der Waals surface area contributed by atoms with E-state index in [-0.39, 0.29) is 0 Å². The van der Waals surface area contributed by atoms with Crippen LogP contribution in [-0.4, -0.2) is 38.4 Å². The molecule has 4 aromatic rings. The third kappa shape index (κ3) is 3.75. The highest BCUT2D eigenvalue weighted by atomic mass is 16.2. The van der Waals surface area contributed by atoms with E-state index < -0.39 is 0 Å². The Morgan fingerprint density at radius 2 is 1.80 bits per heavy atom. The van der Waals surface area contributed by atoms with Crippen LogP contribution in [0.5, 0.6) is 0 Å². The van der Waals surface area contributed by atoms with Gasteiger partial charge in [-0.2, -0.15) is 0 Å². The van der Waals surface area contributed by atoms with Crippen molar-refractivity contribution in [2.45, 2.75) is 32.2 Å². The van der Waals surface area contributed by atoms with Crippen molar-refractivity contribution >= 4 is 23.1 Å². The summed E-state index contributed by atoms with van der Waals surface area (Å²) in [5, 5.41) is 0. The molecule has 1 atom stereocenters. The first-order chi connectivity index (χ1) is 17.2. The highest BCUT2D eigenvalue weighted by Crippen LogP contribution is 2.34. The number of imidazole rings is 1. The van der Waals surface area contributed by atoms with E-state index >= 15 is 0 Å². The van der Waals surface area contributed by atoms with E-state index in [0.29, 0.717) is 17.7 Å². The summed E-state index contributed by atoms with van der Waals surface area (Å²) in [4.78, 5) is 24.1. The van der Waals surface area contributed by atoms with Gasteiger partial charge in [-0.25, -0.2) is 9.97 Å². The molecular formula is C30H28N4O. The quantitative estimate of drug-likeness (QED) is 0.390. The van der Waals surface area contributed by atoms with Crippen LogP contribution in [-0.2, 0) is 17.8 Å². The first kappa shape index (κ1) is 20.6. The van der Waals surface area contributed by atoms with Gasteiger partial charge in [0.25, 0.3) is 0 Å². The average Bonchev–Trinajstić information content (AvgIpc) is 3.30. The second-order valence-electron chi connectivity index (χ2n) is 10.2. The van der Waals surface area contributed by atoms with Gasteiger partial charge in [0.2, 0.25) is 5.91 Å². The zero-order chi connectivity index (χ0) is 23.4. The summed E-state index contributed by atoms with van der Waals surface area (Å²) in [5.74, 6) is 2.05. The molecule has 2 aromatic carbocycles. The third-order valence-electron chi connectivity index (χ3n) is 7.75. The zero-order valence-corrected chi connectivity index (χ0v) is 19.7. The molecule has 35 heavy (non-hydrogen) atoms. The van der Waals surface area contributed by atoms with Gasteiger partial charge in [-0.05, 0) is 72.1 Å². The molecule has 1 saturated carbocycles. The number of pyridine rings is 1. The van der Waals surface area contributed by atoms with E-state index in [9.17, 15) is 4.79 Å². The molecule has 2 aromatic heterocycles. The summed E-state index contributed by atoms with van der Waals surface area (Å²) >= 11 is 0. The van der Waals surface area contributed by atoms with Crippen LogP contribution in [0, 0.1) is 11.8 Å². The normalized spacial score (nSPS) is 19.0. The molecule has 3 aliphatic rings. The van der Waals surface area contributed by atoms with Gasteiger partial charge in [0.1, 0.15) is 5.82 Å². The minimum atomic E-state index is 0.294. The highest BCUT2D eigenvalue weighted by Gasteiger charge is 2.36. The number of hydrogen-bond acceptors (Lipinski definition) is 3. The molecule has 1 saturated heterocycles. The molecule has 0 bridgehead atoms. The van der Waals surface area contributed by atoms with Gasteiger partial charge in [0, 0.05) is 37.3 Å². The number of allylic oxidation sites excluding steroid dienone is 1. The molecule has 5 nitrogen and oxygen atoms in total. The molecule has 0 unspecified atom stereocenters. The largest absolute Gasteiger partial charge is 0.342 e. The highest BCUT2D eigenvalue weighted by molar-refractivity contribution is 5.81. The van der Waals surface area contributed by atoms with Gasteiger partial charge in [0.05, 0.1) is 5.52 Å². The van der Waals surface area contributed by atoms with Crippen molar-refractivity contribution < 1.29 is 4.79 Å². The number of aromatic nitrogens is 3. The summed E-state index contributed by atoms with van der Waals surface area (Å²) < 4.78 is 2.31. The number of nitrogens with zero attached hydrogens (tertiary/aromatic N) is 4. The van der Waals surface area contributed by atoms with Crippen molar-refractivity contribution in [2.24, 2.45) is 11.8 Å². The van der Waals surface area contributed by atoms with E-state index in [4.69, 9.17) is 4.98 Å². The van der Waals surface area contributed by atoms with Gasteiger partial charge >= 0.3 is 0 Å². The van der Waals surface area contributed by atoms with Crippen molar-refractivity contribution in [2.75, 3.05) is 13.1 Å². The van der Waals surface area contributed by atoms with E-state index in [0.717, 1.165) is 67.9 Å². The average molecular weight is 461 g/mol. The molecule has 2 aliphatic carbocycles. The van der Waals surface area contributed by atoms with Crippen molar-refractivity contribution in [1.29, 1.82) is 0 Å². The van der Waals surface area contributed by atoms with Gasteiger partial charge in [-0.3, -0.25) is 4.79 Å². The summed E-state index contributed by atoms with van der Waals surface area (Å²) in [6, 6.07) is 19.6. The topological polar surface area (TPSA) is 51.0 Å². The number of rotatable bonds is 5. The number of carbonyl (C=O) groups is 1. The van der Waals surface area contributed by atoms with E-state index in [2.05, 4.69) is 75.1 Å². The number of likely N-dealkylation sites (tertiary alicyclic amines) is 1. The maximum Gasteiger partial charge on any atom is 0.225 e. The van der Waals surface area contributed by atoms with E-state index in [1.807, 2.05) is 6.07 Å². The van der Waals surface area contributed by atoms with Gasteiger partial charge < -0.3 is 9.47 Å². The number of fused-ring (bicyclic) bond motifs is 2. The Morgan fingerprint density at radius 1 is 0.971 bits per heavy atom. The molecular weight excluding hydrogens is 432 g/mol. The lowest BCUT2D eigenvalue weighted by Gasteiger charge is -2.17. The molecule has 0 spiro atoms. The first-order valence-electron chi connectivity index (χ1n) is 12.7. The van der Waals surface area contributed by atoms with Crippen LogP contribution in [0.3, 0.4) is 0 Å². The van der Waals surface area contributed by atoms with E-state index in [1.165, 1.54) is 22.3 Å². The maximum absolute atomic E-state index is 12.6. The smallest absolute Gasteiger partial charge is 0.225 e. The summed E-state index contributed by atoms with van der Waals surface area (Å²) in [6.45, 7) is 2.58. The summed E-state index contributed by atoms with van der Waals surface area (Å²) in [6.07, 6.45) is 10.5. The summed E-state index contributed by atoms with van der Waals surface area (Å²) in [7, 11) is 0. The SMILES string of the molecule is O=C(C1CC1)N1CC[C@@H](Cn2c(-c3ccc(-c4ccc5c(c4)C=CC5)cc3)nc3ncccc32)C1. The fourth-order valence-electron chi connectivity index (χ4n) is 5.63. The molecule has 2 fully saturated rings. The van der Waals surface area contributed by atoms with Crippen molar-refractivity contribution in [3.63, 3.8) is 0 Å². The molecule has 174 valence electrons. The Balaban J connectivity index is 1.19. The fourth-order valence-corrected chi connectivity index (χ4v) is 5.63. The Bertz CT molecular complexity index is 1460. The Labute approximate surface area is 205 Å². The Morgan fingerprint density at radius 3 is 2.66 bits per heavy atom. The fraction of sp³-hybridized carbons (Fsp3) is 0.300. The van der Waals surface area contributed by atoms with Crippen LogP contribution in [0.2, 0.25) is 0 Å². The maximum atomic E-state index is 12.6. The first-order valence-corrected chi connectivity index (χ1v) is 12.7.